The summed E-state index contributed by atoms with van der Waals surface area (Å²) in [4.78, 5) is 21.0. The number of carbonyl (C=O) groups is 1. The first kappa shape index (κ1) is 16.4. The number of ether oxygens (including phenoxy) is 1. The van der Waals surface area contributed by atoms with Crippen LogP contribution in [0.2, 0.25) is 0 Å². The number of amides is 2. The lowest BCUT2D eigenvalue weighted by molar-refractivity contribution is 0.260. The summed E-state index contributed by atoms with van der Waals surface area (Å²) in [5.74, 6) is 1.14. The van der Waals surface area contributed by atoms with Crippen molar-refractivity contribution in [2.45, 2.75) is 6.92 Å². The molecule has 0 saturated carbocycles. The summed E-state index contributed by atoms with van der Waals surface area (Å²) >= 11 is 1.95. The Morgan fingerprint density at radius 2 is 2.08 bits per heavy atom. The number of benzene rings is 1. The van der Waals surface area contributed by atoms with Crippen molar-refractivity contribution in [1.29, 1.82) is 0 Å². The van der Waals surface area contributed by atoms with Crippen LogP contribution in [-0.2, 0) is 0 Å². The van der Waals surface area contributed by atoms with Gasteiger partial charge in [0.2, 0.25) is 0 Å². The Morgan fingerprint density at radius 3 is 2.92 bits per heavy atom. The van der Waals surface area contributed by atoms with E-state index < -0.39 is 0 Å². The number of nitrogens with one attached hydrogen (secondary N) is 1. The maximum Gasteiger partial charge on any atom is 0.336 e. The lowest BCUT2D eigenvalue weighted by atomic mass is 10.3. The number of carbonyl (C=O) groups excluding carboxylic acids is 1. The molecular weight excluding hydrogens is 419 g/mol. The molecular formula is C17H15IN4O2. The highest BCUT2D eigenvalue weighted by Gasteiger charge is 2.17. The smallest absolute Gasteiger partial charge is 0.336 e. The van der Waals surface area contributed by atoms with Crippen LogP contribution in [0.15, 0.2) is 54.9 Å². The molecule has 6 nitrogen and oxygen atoms in total. The number of hydrogen-bond donors (Lipinski definition) is 1. The van der Waals surface area contributed by atoms with E-state index in [0.717, 1.165) is 10.9 Å². The lowest BCUT2D eigenvalue weighted by Gasteiger charge is -2.18. The topological polar surface area (TPSA) is 67.3 Å². The monoisotopic (exact) mass is 434 g/mol. The summed E-state index contributed by atoms with van der Waals surface area (Å²) in [6.45, 7) is 2.44. The highest BCUT2D eigenvalue weighted by molar-refractivity contribution is 14.1. The zero-order valence-corrected chi connectivity index (χ0v) is 15.1. The molecule has 0 radical (unpaired) electrons. The van der Waals surface area contributed by atoms with E-state index in [2.05, 4.69) is 15.3 Å². The van der Waals surface area contributed by atoms with E-state index in [9.17, 15) is 4.79 Å². The van der Waals surface area contributed by atoms with E-state index >= 15 is 0 Å². The molecule has 0 fully saturated rings. The second-order valence-electron chi connectivity index (χ2n) is 4.88. The van der Waals surface area contributed by atoms with Crippen molar-refractivity contribution in [3.05, 3.63) is 54.9 Å². The van der Waals surface area contributed by atoms with Gasteiger partial charge in [-0.2, -0.15) is 0 Å². The summed E-state index contributed by atoms with van der Waals surface area (Å²) in [6.07, 6.45) is 3.40. The highest BCUT2D eigenvalue weighted by Crippen LogP contribution is 2.31. The molecule has 3 rings (SSSR count). The molecule has 2 aromatic heterocycles. The summed E-state index contributed by atoms with van der Waals surface area (Å²) in [7, 11) is 0. The molecule has 3 aromatic rings. The Morgan fingerprint density at radius 1 is 1.25 bits per heavy atom. The Balaban J connectivity index is 1.80. The van der Waals surface area contributed by atoms with E-state index in [0.29, 0.717) is 23.9 Å². The van der Waals surface area contributed by atoms with Crippen molar-refractivity contribution in [2.75, 3.05) is 15.0 Å². The number of urea groups is 1. The lowest BCUT2D eigenvalue weighted by Crippen LogP contribution is -2.26. The maximum atomic E-state index is 12.5. The summed E-state index contributed by atoms with van der Waals surface area (Å²) in [6, 6.07) is 12.5. The van der Waals surface area contributed by atoms with Gasteiger partial charge >= 0.3 is 6.03 Å². The molecule has 122 valence electrons. The zero-order valence-electron chi connectivity index (χ0n) is 12.9. The van der Waals surface area contributed by atoms with Crippen molar-refractivity contribution < 1.29 is 9.53 Å². The third-order valence-electron chi connectivity index (χ3n) is 3.28. The van der Waals surface area contributed by atoms with Gasteiger partial charge in [0, 0.05) is 17.8 Å². The second kappa shape index (κ2) is 7.43. The van der Waals surface area contributed by atoms with Gasteiger partial charge in [-0.15, -0.1) is 0 Å². The van der Waals surface area contributed by atoms with Crippen LogP contribution in [0.25, 0.3) is 10.9 Å². The minimum Gasteiger partial charge on any atom is -0.492 e. The van der Waals surface area contributed by atoms with Crippen LogP contribution < -0.4 is 13.2 Å². The minimum atomic E-state index is -0.302. The molecule has 24 heavy (non-hydrogen) atoms. The number of hydrogen-bond acceptors (Lipinski definition) is 4. The van der Waals surface area contributed by atoms with Gasteiger partial charge in [-0.25, -0.2) is 12.9 Å². The SMILES string of the molecule is CCOc1ccccc1N(I)C(=O)Nc1ccc2cnccc2n1. The third-order valence-corrected chi connectivity index (χ3v) is 4.24. The van der Waals surface area contributed by atoms with Gasteiger partial charge in [0.1, 0.15) is 11.6 Å². The van der Waals surface area contributed by atoms with E-state index in [4.69, 9.17) is 4.74 Å². The molecule has 1 aromatic carbocycles. The van der Waals surface area contributed by atoms with Crippen molar-refractivity contribution in [2.24, 2.45) is 0 Å². The predicted octanol–water partition coefficient (Wildman–Crippen LogP) is 4.42. The number of pyridine rings is 2. The Kier molecular flexibility index (Phi) is 5.09. The van der Waals surface area contributed by atoms with Crippen LogP contribution in [-0.4, -0.2) is 22.6 Å². The minimum absolute atomic E-state index is 0.302. The van der Waals surface area contributed by atoms with Crippen molar-refractivity contribution in [1.82, 2.24) is 9.97 Å². The quantitative estimate of drug-likeness (QED) is 0.488. The second-order valence-corrected chi connectivity index (χ2v) is 5.84. The van der Waals surface area contributed by atoms with E-state index in [1.807, 2.05) is 60.1 Å². The summed E-state index contributed by atoms with van der Waals surface area (Å²) in [5.41, 5.74) is 1.46. The summed E-state index contributed by atoms with van der Waals surface area (Å²) in [5, 5.41) is 3.71. The molecule has 0 unspecified atom stereocenters. The number of para-hydroxylation sites is 2. The van der Waals surface area contributed by atoms with Crippen LogP contribution in [0.5, 0.6) is 5.75 Å². The van der Waals surface area contributed by atoms with Gasteiger partial charge < -0.3 is 4.74 Å². The molecule has 1 N–H and O–H groups in total. The molecule has 0 aliphatic heterocycles. The molecule has 2 amide bonds. The van der Waals surface area contributed by atoms with Crippen LogP contribution in [0, 0.1) is 0 Å². The molecule has 2 heterocycles. The maximum absolute atomic E-state index is 12.5. The van der Waals surface area contributed by atoms with E-state index in [-0.39, 0.29) is 6.03 Å². The normalized spacial score (nSPS) is 10.4. The van der Waals surface area contributed by atoms with Crippen molar-refractivity contribution >= 4 is 51.3 Å². The number of rotatable bonds is 4. The first-order valence-electron chi connectivity index (χ1n) is 7.38. The van der Waals surface area contributed by atoms with Crippen LogP contribution in [0.1, 0.15) is 6.92 Å². The van der Waals surface area contributed by atoms with Gasteiger partial charge in [0.05, 0.1) is 40.7 Å². The Bertz CT molecular complexity index is 872. The molecule has 0 spiro atoms. The largest absolute Gasteiger partial charge is 0.492 e. The molecule has 7 heteroatoms. The highest BCUT2D eigenvalue weighted by atomic mass is 127. The molecule has 0 bridgehead atoms. The van der Waals surface area contributed by atoms with Gasteiger partial charge in [-0.05, 0) is 37.3 Å². The standard InChI is InChI=1S/C17H15IN4O2/c1-2-24-15-6-4-3-5-14(15)22(18)17(23)21-16-8-7-12-11-19-10-9-13(12)20-16/h3-11H,2H2,1H3,(H,20,21,23). The molecule has 0 aliphatic carbocycles. The predicted molar refractivity (Wildman–Crippen MR) is 103 cm³/mol. The number of anilines is 2. The number of nitrogens with zero attached hydrogens (tertiary/aromatic N) is 3. The fraction of sp³-hybridized carbons (Fsp3) is 0.118. The third kappa shape index (κ3) is 3.56. The van der Waals surface area contributed by atoms with E-state index in [1.165, 1.54) is 3.11 Å². The van der Waals surface area contributed by atoms with Crippen LogP contribution >= 0.6 is 22.9 Å². The molecule has 0 aliphatic rings. The van der Waals surface area contributed by atoms with Gasteiger partial charge in [0.15, 0.2) is 0 Å². The number of aromatic nitrogens is 2. The molecule has 0 saturated heterocycles. The number of halogens is 1. The first-order chi connectivity index (χ1) is 11.7. The van der Waals surface area contributed by atoms with Crippen molar-refractivity contribution in [3.8, 4) is 5.75 Å². The van der Waals surface area contributed by atoms with Gasteiger partial charge in [-0.3, -0.25) is 10.3 Å². The van der Waals surface area contributed by atoms with Gasteiger partial charge in [0.25, 0.3) is 0 Å². The average molecular weight is 434 g/mol. The number of fused-ring (bicyclic) bond motifs is 1. The fourth-order valence-electron chi connectivity index (χ4n) is 2.20. The Hall–Kier alpha value is -2.42. The first-order valence-corrected chi connectivity index (χ1v) is 8.35. The van der Waals surface area contributed by atoms with E-state index in [1.54, 1.807) is 24.5 Å². The molecule has 0 atom stereocenters. The van der Waals surface area contributed by atoms with Crippen molar-refractivity contribution in [3.63, 3.8) is 0 Å². The zero-order chi connectivity index (χ0) is 16.9. The van der Waals surface area contributed by atoms with Crippen LogP contribution in [0.4, 0.5) is 16.3 Å². The fourth-order valence-corrected chi connectivity index (χ4v) is 2.72. The summed E-state index contributed by atoms with van der Waals surface area (Å²) < 4.78 is 7.04. The van der Waals surface area contributed by atoms with Gasteiger partial charge in [-0.1, -0.05) is 12.1 Å². The Labute approximate surface area is 153 Å². The van der Waals surface area contributed by atoms with Crippen LogP contribution in [0.3, 0.4) is 0 Å². The average Bonchev–Trinajstić information content (AvgIpc) is 2.62.